The van der Waals surface area contributed by atoms with Gasteiger partial charge in [-0.3, -0.25) is 0 Å². The van der Waals surface area contributed by atoms with E-state index in [1.165, 1.54) is 0 Å². The van der Waals surface area contributed by atoms with Crippen molar-refractivity contribution < 1.29 is 24.8 Å². The van der Waals surface area contributed by atoms with Gasteiger partial charge in [-0.25, -0.2) is 0 Å². The highest BCUT2D eigenvalue weighted by Gasteiger charge is 2.38. The highest BCUT2D eigenvalue weighted by atomic mass is 79.9. The van der Waals surface area contributed by atoms with E-state index in [2.05, 4.69) is 15.9 Å². The average Bonchev–Trinajstić information content (AvgIpc) is 2.33. The molecule has 0 spiro atoms. The number of halogens is 1. The van der Waals surface area contributed by atoms with Crippen LogP contribution in [0.15, 0.2) is 28.7 Å². The van der Waals surface area contributed by atoms with E-state index in [1.54, 1.807) is 24.3 Å². The Morgan fingerprint density at radius 1 is 1.12 bits per heavy atom. The molecule has 4 atom stereocenters. The lowest BCUT2D eigenvalue weighted by molar-refractivity contribution is -0.242. The lowest BCUT2D eigenvalue weighted by Crippen LogP contribution is -2.54. The molecule has 0 aromatic heterocycles. The third-order valence-electron chi connectivity index (χ3n) is 2.52. The fourth-order valence-corrected chi connectivity index (χ4v) is 1.79. The van der Waals surface area contributed by atoms with Crippen molar-refractivity contribution in [3.8, 4) is 5.75 Å². The summed E-state index contributed by atoms with van der Waals surface area (Å²) in [5.41, 5.74) is 0. The Kier molecular flexibility index (Phi) is 4.01. The Balaban J connectivity index is 2.01. The van der Waals surface area contributed by atoms with E-state index in [4.69, 9.17) is 9.47 Å². The van der Waals surface area contributed by atoms with Crippen LogP contribution >= 0.6 is 15.9 Å². The molecule has 1 aromatic rings. The molecule has 1 heterocycles. The van der Waals surface area contributed by atoms with E-state index in [0.29, 0.717) is 5.75 Å². The summed E-state index contributed by atoms with van der Waals surface area (Å²) in [6.45, 7) is -0.0700. The average molecular weight is 305 g/mol. The second-order valence-electron chi connectivity index (χ2n) is 3.82. The van der Waals surface area contributed by atoms with Crippen LogP contribution in [0.2, 0.25) is 0 Å². The number of ether oxygens (including phenoxy) is 2. The van der Waals surface area contributed by atoms with E-state index in [-0.39, 0.29) is 6.61 Å². The molecule has 0 unspecified atom stereocenters. The van der Waals surface area contributed by atoms with E-state index < -0.39 is 24.6 Å². The molecule has 1 aliphatic rings. The van der Waals surface area contributed by atoms with Crippen LogP contribution in [0.1, 0.15) is 0 Å². The smallest absolute Gasteiger partial charge is 0.228 e. The van der Waals surface area contributed by atoms with E-state index in [0.717, 1.165) is 4.47 Å². The van der Waals surface area contributed by atoms with E-state index in [9.17, 15) is 15.3 Å². The van der Waals surface area contributed by atoms with Gasteiger partial charge in [0.2, 0.25) is 6.29 Å². The summed E-state index contributed by atoms with van der Waals surface area (Å²) in [5, 5.41) is 28.4. The SMILES string of the molecule is O[C@@H]1[C@@H](O)[C@H](Oc2ccc(Br)cc2)OC[C@@H]1O. The second kappa shape index (κ2) is 5.32. The van der Waals surface area contributed by atoms with Crippen LogP contribution < -0.4 is 4.74 Å². The lowest BCUT2D eigenvalue weighted by Gasteiger charge is -2.34. The van der Waals surface area contributed by atoms with Crippen molar-refractivity contribution >= 4 is 15.9 Å². The van der Waals surface area contributed by atoms with Crippen LogP contribution in [-0.4, -0.2) is 46.5 Å². The van der Waals surface area contributed by atoms with Crippen LogP contribution in [0.4, 0.5) is 0 Å². The largest absolute Gasteiger partial charge is 0.462 e. The maximum atomic E-state index is 9.65. The molecule has 0 saturated carbocycles. The molecule has 1 saturated heterocycles. The van der Waals surface area contributed by atoms with E-state index >= 15 is 0 Å². The van der Waals surface area contributed by atoms with Gasteiger partial charge in [0, 0.05) is 4.47 Å². The van der Waals surface area contributed by atoms with Gasteiger partial charge in [0.25, 0.3) is 0 Å². The summed E-state index contributed by atoms with van der Waals surface area (Å²) in [4.78, 5) is 0. The molecule has 1 aliphatic heterocycles. The van der Waals surface area contributed by atoms with E-state index in [1.807, 2.05) is 0 Å². The molecule has 1 fully saturated rings. The first-order chi connectivity index (χ1) is 8.08. The molecule has 0 aliphatic carbocycles. The number of hydrogen-bond donors (Lipinski definition) is 3. The van der Waals surface area contributed by atoms with Crippen LogP contribution in [0.5, 0.6) is 5.75 Å². The van der Waals surface area contributed by atoms with Crippen molar-refractivity contribution in [1.29, 1.82) is 0 Å². The standard InChI is InChI=1S/C11H13BrO5/c12-6-1-3-7(4-2-6)17-11-10(15)9(14)8(13)5-16-11/h1-4,8-11,13-15H,5H2/t8-,9-,10+,11-/m0/s1. The topological polar surface area (TPSA) is 79.2 Å². The van der Waals surface area contributed by atoms with Crippen molar-refractivity contribution in [2.24, 2.45) is 0 Å². The third-order valence-corrected chi connectivity index (χ3v) is 3.05. The second-order valence-corrected chi connectivity index (χ2v) is 4.74. The molecule has 94 valence electrons. The first-order valence-corrected chi connectivity index (χ1v) is 5.95. The van der Waals surface area contributed by atoms with Gasteiger partial charge in [-0.05, 0) is 24.3 Å². The minimum absolute atomic E-state index is 0.0700. The molecular formula is C11H13BrO5. The molecule has 1 aromatic carbocycles. The number of aliphatic hydroxyl groups excluding tert-OH is 3. The summed E-state index contributed by atoms with van der Waals surface area (Å²) < 4.78 is 11.4. The summed E-state index contributed by atoms with van der Waals surface area (Å²) in [6.07, 6.45) is -4.60. The van der Waals surface area contributed by atoms with Crippen LogP contribution in [0.25, 0.3) is 0 Å². The van der Waals surface area contributed by atoms with Gasteiger partial charge in [0.15, 0.2) is 0 Å². The highest BCUT2D eigenvalue weighted by molar-refractivity contribution is 9.10. The van der Waals surface area contributed by atoms with Crippen molar-refractivity contribution in [2.75, 3.05) is 6.61 Å². The van der Waals surface area contributed by atoms with Crippen molar-refractivity contribution in [2.45, 2.75) is 24.6 Å². The molecule has 0 amide bonds. The normalized spacial score (nSPS) is 33.4. The number of hydrogen-bond acceptors (Lipinski definition) is 5. The minimum atomic E-state index is -1.28. The monoisotopic (exact) mass is 304 g/mol. The molecule has 6 heteroatoms. The van der Waals surface area contributed by atoms with Gasteiger partial charge < -0.3 is 24.8 Å². The molecule has 0 radical (unpaired) electrons. The van der Waals surface area contributed by atoms with Crippen molar-refractivity contribution in [1.82, 2.24) is 0 Å². The number of aliphatic hydroxyl groups is 3. The Hall–Kier alpha value is -0.660. The first kappa shape index (κ1) is 12.8. The summed E-state index contributed by atoms with van der Waals surface area (Å²) in [7, 11) is 0. The zero-order chi connectivity index (χ0) is 12.4. The number of benzene rings is 1. The molecule has 0 bridgehead atoms. The fraction of sp³-hybridized carbons (Fsp3) is 0.455. The summed E-state index contributed by atoms with van der Waals surface area (Å²) in [5.74, 6) is 0.515. The summed E-state index contributed by atoms with van der Waals surface area (Å²) in [6, 6.07) is 6.99. The summed E-state index contributed by atoms with van der Waals surface area (Å²) >= 11 is 3.29. The highest BCUT2D eigenvalue weighted by Crippen LogP contribution is 2.22. The van der Waals surface area contributed by atoms with Gasteiger partial charge in [-0.1, -0.05) is 15.9 Å². The van der Waals surface area contributed by atoms with Gasteiger partial charge in [-0.15, -0.1) is 0 Å². The maximum absolute atomic E-state index is 9.65. The molecular weight excluding hydrogens is 292 g/mol. The Morgan fingerprint density at radius 2 is 1.76 bits per heavy atom. The number of rotatable bonds is 2. The molecule has 17 heavy (non-hydrogen) atoms. The minimum Gasteiger partial charge on any atom is -0.462 e. The Labute approximate surface area is 107 Å². The lowest BCUT2D eigenvalue weighted by atomic mass is 10.1. The predicted molar refractivity (Wildman–Crippen MR) is 62.5 cm³/mol. The van der Waals surface area contributed by atoms with Gasteiger partial charge in [0.05, 0.1) is 6.61 Å². The molecule has 3 N–H and O–H groups in total. The molecule has 2 rings (SSSR count). The van der Waals surface area contributed by atoms with Gasteiger partial charge >= 0.3 is 0 Å². The van der Waals surface area contributed by atoms with Crippen LogP contribution in [-0.2, 0) is 4.74 Å². The zero-order valence-corrected chi connectivity index (χ0v) is 10.4. The van der Waals surface area contributed by atoms with Gasteiger partial charge in [-0.2, -0.15) is 0 Å². The van der Waals surface area contributed by atoms with Crippen LogP contribution in [0.3, 0.4) is 0 Å². The zero-order valence-electron chi connectivity index (χ0n) is 8.86. The quantitative estimate of drug-likeness (QED) is 0.731. The Bertz CT molecular complexity index is 369. The maximum Gasteiger partial charge on any atom is 0.228 e. The third kappa shape index (κ3) is 2.97. The molecule has 5 nitrogen and oxygen atoms in total. The van der Waals surface area contributed by atoms with Crippen LogP contribution in [0, 0.1) is 0 Å². The van der Waals surface area contributed by atoms with Crippen molar-refractivity contribution in [3.63, 3.8) is 0 Å². The predicted octanol–water partition coefficient (Wildman–Crippen LogP) is 0.267. The Morgan fingerprint density at radius 3 is 2.41 bits per heavy atom. The fourth-order valence-electron chi connectivity index (χ4n) is 1.53. The van der Waals surface area contributed by atoms with Gasteiger partial charge in [0.1, 0.15) is 24.1 Å². The first-order valence-electron chi connectivity index (χ1n) is 5.16. The van der Waals surface area contributed by atoms with Crippen molar-refractivity contribution in [3.05, 3.63) is 28.7 Å².